The van der Waals surface area contributed by atoms with Crippen LogP contribution in [0.4, 0.5) is 5.69 Å². The van der Waals surface area contributed by atoms with Crippen molar-refractivity contribution in [3.8, 4) is 5.75 Å². The van der Waals surface area contributed by atoms with Crippen LogP contribution in [0.15, 0.2) is 39.9 Å². The molecule has 0 radical (unpaired) electrons. The number of amides is 6. The molecule has 0 aliphatic heterocycles. The van der Waals surface area contributed by atoms with Crippen LogP contribution in [0.25, 0.3) is 20.9 Å². The average Bonchev–Trinajstić information content (AvgIpc) is 3.23. The topological polar surface area (TPSA) is 326 Å². The van der Waals surface area contributed by atoms with Gasteiger partial charge in [0.1, 0.15) is 23.9 Å². The summed E-state index contributed by atoms with van der Waals surface area (Å²) in [6.07, 6.45) is 9.24. The number of aromatic hydroxyl groups is 1. The van der Waals surface area contributed by atoms with Gasteiger partial charge in [-0.1, -0.05) is 83.2 Å². The fourth-order valence-electron chi connectivity index (χ4n) is 6.87. The van der Waals surface area contributed by atoms with E-state index in [1.54, 1.807) is 0 Å². The molecule has 0 saturated heterocycles. The lowest BCUT2D eigenvalue weighted by Gasteiger charge is -2.27. The Kier molecular flexibility index (Phi) is 28.9. The molecule has 6 amide bonds. The number of nitrogens with one attached hydrogen (secondary N) is 6. The SMILES string of the molecule is CC(C)C[C@@H](/C=C\S(C)(=O)=O)NC(=O)[C@H](CC(C)C)NC(=O)[C@H](CC(C)C)NC(=O)CCCCCNC(=O)CCCCCNC(=O)[C@H](CCCCNC(=O)c1ccc(N=[N+]=[N-])cc1O)N=[N+]=[N-]. The maximum Gasteiger partial charge on any atom is 0.255 e. The fraction of sp³-hybridized carbons (Fsp3) is 0.689. The summed E-state index contributed by atoms with van der Waals surface area (Å²) < 4.78 is 23.5. The van der Waals surface area contributed by atoms with Crippen LogP contribution in [0, 0.1) is 17.8 Å². The molecule has 1 aromatic rings. The molecule has 21 nitrogen and oxygen atoms in total. The van der Waals surface area contributed by atoms with E-state index < -0.39 is 57.6 Å². The number of carbonyl (C=O) groups excluding carboxylic acids is 6. The Morgan fingerprint density at radius 3 is 1.79 bits per heavy atom. The van der Waals surface area contributed by atoms with Crippen molar-refractivity contribution in [1.82, 2.24) is 31.9 Å². The molecule has 67 heavy (non-hydrogen) atoms. The lowest BCUT2D eigenvalue weighted by Crippen LogP contribution is -2.55. The molecule has 7 N–H and O–H groups in total. The van der Waals surface area contributed by atoms with Crippen LogP contribution in [0.5, 0.6) is 5.75 Å². The Morgan fingerprint density at radius 1 is 0.672 bits per heavy atom. The second kappa shape index (κ2) is 32.8. The van der Waals surface area contributed by atoms with Crippen molar-refractivity contribution in [3.63, 3.8) is 0 Å². The molecule has 0 aliphatic rings. The summed E-state index contributed by atoms with van der Waals surface area (Å²) in [5.41, 5.74) is 17.6. The Morgan fingerprint density at radius 2 is 1.22 bits per heavy atom. The molecule has 22 heteroatoms. The molecule has 0 aliphatic carbocycles. The van der Waals surface area contributed by atoms with Gasteiger partial charge in [-0.3, -0.25) is 28.8 Å². The van der Waals surface area contributed by atoms with E-state index in [1.807, 2.05) is 41.5 Å². The smallest absolute Gasteiger partial charge is 0.255 e. The second-order valence-electron chi connectivity index (χ2n) is 18.0. The molecule has 0 unspecified atom stereocenters. The summed E-state index contributed by atoms with van der Waals surface area (Å²) in [6.45, 7) is 12.7. The van der Waals surface area contributed by atoms with Crippen molar-refractivity contribution in [2.45, 2.75) is 156 Å². The predicted molar refractivity (Wildman–Crippen MR) is 257 cm³/mol. The maximum atomic E-state index is 13.5. The van der Waals surface area contributed by atoms with Crippen LogP contribution in [0.2, 0.25) is 0 Å². The molecule has 0 fully saturated rings. The van der Waals surface area contributed by atoms with Crippen molar-refractivity contribution >= 4 is 51.0 Å². The van der Waals surface area contributed by atoms with Crippen molar-refractivity contribution in [2.75, 3.05) is 25.9 Å². The van der Waals surface area contributed by atoms with Gasteiger partial charge in [-0.05, 0) is 98.7 Å². The van der Waals surface area contributed by atoms with E-state index in [0.29, 0.717) is 90.1 Å². The first-order valence-electron chi connectivity index (χ1n) is 23.2. The van der Waals surface area contributed by atoms with Gasteiger partial charge in [-0.2, -0.15) is 0 Å². The summed E-state index contributed by atoms with van der Waals surface area (Å²) in [4.78, 5) is 82.7. The van der Waals surface area contributed by atoms with E-state index in [-0.39, 0.29) is 66.0 Å². The monoisotopic (exact) mass is 959 g/mol. The van der Waals surface area contributed by atoms with Gasteiger partial charge in [0.05, 0.1) is 5.56 Å². The second-order valence-corrected chi connectivity index (χ2v) is 19.9. The molecule has 0 bridgehead atoms. The van der Waals surface area contributed by atoms with Gasteiger partial charge < -0.3 is 37.0 Å². The number of nitrogens with zero attached hydrogens (tertiary/aromatic N) is 6. The molecule has 374 valence electrons. The summed E-state index contributed by atoms with van der Waals surface area (Å²) in [5, 5.41) is 35.0. The Hall–Kier alpha value is -5.85. The zero-order chi connectivity index (χ0) is 50.4. The van der Waals surface area contributed by atoms with E-state index in [2.05, 4.69) is 52.0 Å². The van der Waals surface area contributed by atoms with Gasteiger partial charge >= 0.3 is 0 Å². The molecule has 0 heterocycles. The quantitative estimate of drug-likeness (QED) is 0.0173. The number of phenolic OH excluding ortho intramolecular Hbond substituents is 1. The molecule has 0 spiro atoms. The lowest BCUT2D eigenvalue weighted by atomic mass is 9.99. The predicted octanol–water partition coefficient (Wildman–Crippen LogP) is 6.42. The first-order valence-corrected chi connectivity index (χ1v) is 25.1. The third-order valence-corrected chi connectivity index (χ3v) is 10.8. The highest BCUT2D eigenvalue weighted by Crippen LogP contribution is 2.24. The summed E-state index contributed by atoms with van der Waals surface area (Å²) in [7, 11) is -3.41. The Bertz CT molecular complexity index is 2000. The van der Waals surface area contributed by atoms with E-state index >= 15 is 0 Å². The van der Waals surface area contributed by atoms with Crippen LogP contribution in [-0.2, 0) is 33.8 Å². The highest BCUT2D eigenvalue weighted by atomic mass is 32.2. The number of phenols is 1. The number of hydrogen-bond donors (Lipinski definition) is 7. The largest absolute Gasteiger partial charge is 0.507 e. The van der Waals surface area contributed by atoms with Crippen LogP contribution >= 0.6 is 0 Å². The van der Waals surface area contributed by atoms with Gasteiger partial charge in [0.25, 0.3) is 5.91 Å². The van der Waals surface area contributed by atoms with E-state index in [1.165, 1.54) is 24.3 Å². The molecular weight excluding hydrogens is 885 g/mol. The highest BCUT2D eigenvalue weighted by Gasteiger charge is 2.29. The van der Waals surface area contributed by atoms with Gasteiger partial charge in [0.15, 0.2) is 9.84 Å². The number of benzene rings is 1. The lowest BCUT2D eigenvalue weighted by molar-refractivity contribution is -0.132. The highest BCUT2D eigenvalue weighted by molar-refractivity contribution is 7.93. The fourth-order valence-corrected chi connectivity index (χ4v) is 7.34. The van der Waals surface area contributed by atoms with E-state index in [4.69, 9.17) is 11.1 Å². The number of azide groups is 2. The molecule has 0 aromatic heterocycles. The number of unbranched alkanes of at least 4 members (excludes halogenated alkanes) is 5. The van der Waals surface area contributed by atoms with Gasteiger partial charge in [0, 0.05) is 65.7 Å². The summed E-state index contributed by atoms with van der Waals surface area (Å²) in [5.74, 6) is -2.27. The number of sulfone groups is 1. The molecular formula is C45H74N12O9S. The normalized spacial score (nSPS) is 13.2. The van der Waals surface area contributed by atoms with Crippen molar-refractivity contribution in [3.05, 3.63) is 56.1 Å². The number of rotatable bonds is 34. The standard InChI is InChI=1S/C45H74N12O9S/c1-30(2)26-33(21-25-67(7,65)66)51-44(63)38(28-32(5)6)53-45(64)37(27-31(3)4)52-41(60)18-11-9-13-22-48-40(59)17-10-8-14-23-50-43(62)36(55-57-47)16-12-15-24-49-42(61)35-20-19-34(54-56-46)29-39(35)58/h19-21,25,29-33,36-38,58H,8-18,22-24,26-28H2,1-7H3,(H,48,59)(H,49,61)(H,50,62)(H,51,63)(H,52,60)(H,53,64)/b25-21-/t33-,36+,37+,38+/m1/s1. The number of carbonyl (C=O) groups is 6. The third kappa shape index (κ3) is 28.1. The maximum absolute atomic E-state index is 13.5. The Labute approximate surface area is 395 Å². The third-order valence-electron chi connectivity index (χ3n) is 10.2. The van der Waals surface area contributed by atoms with Crippen molar-refractivity contribution in [1.29, 1.82) is 0 Å². The van der Waals surface area contributed by atoms with E-state index in [9.17, 15) is 42.3 Å². The molecule has 1 aromatic carbocycles. The zero-order valence-electron chi connectivity index (χ0n) is 40.3. The summed E-state index contributed by atoms with van der Waals surface area (Å²) >= 11 is 0. The number of hydrogen-bond acceptors (Lipinski definition) is 11. The first kappa shape index (κ1) is 59.2. The van der Waals surface area contributed by atoms with Crippen molar-refractivity contribution < 1.29 is 42.3 Å². The van der Waals surface area contributed by atoms with Crippen molar-refractivity contribution in [2.24, 2.45) is 28.0 Å². The van der Waals surface area contributed by atoms with Crippen LogP contribution in [0.3, 0.4) is 0 Å². The summed E-state index contributed by atoms with van der Waals surface area (Å²) in [6, 6.07) is 0.704. The van der Waals surface area contributed by atoms with E-state index in [0.717, 1.165) is 11.7 Å². The molecule has 0 saturated carbocycles. The van der Waals surface area contributed by atoms with Gasteiger partial charge in [0.2, 0.25) is 29.5 Å². The van der Waals surface area contributed by atoms with Gasteiger partial charge in [-0.25, -0.2) is 8.42 Å². The first-order chi connectivity index (χ1) is 31.6. The Balaban J connectivity index is 2.40. The minimum Gasteiger partial charge on any atom is -0.507 e. The molecule has 4 atom stereocenters. The van der Waals surface area contributed by atoms with Crippen LogP contribution in [-0.4, -0.2) is 99.0 Å². The van der Waals surface area contributed by atoms with Crippen LogP contribution < -0.4 is 31.9 Å². The molecule has 1 rings (SSSR count). The van der Waals surface area contributed by atoms with Gasteiger partial charge in [-0.15, -0.1) is 0 Å². The zero-order valence-corrected chi connectivity index (χ0v) is 41.1. The van der Waals surface area contributed by atoms with Crippen LogP contribution in [0.1, 0.15) is 142 Å². The average molecular weight is 959 g/mol. The minimum atomic E-state index is -3.41. The minimum absolute atomic E-state index is 0.0187.